The second-order valence-electron chi connectivity index (χ2n) is 13.7. The largest absolute Gasteiger partial charge is 0.444 e. The van der Waals surface area contributed by atoms with Crippen molar-refractivity contribution in [2.75, 3.05) is 0 Å². The van der Waals surface area contributed by atoms with E-state index in [1.807, 2.05) is 55.5 Å². The lowest BCUT2D eigenvalue weighted by Gasteiger charge is -2.32. The molecule has 2 atom stereocenters. The molecule has 4 amide bonds. The number of hydrogen-bond acceptors (Lipinski definition) is 6. The molecule has 0 saturated heterocycles. The highest BCUT2D eigenvalue weighted by molar-refractivity contribution is 6.39. The fraction of sp³-hybridized carbons (Fsp3) is 0.270. The fourth-order valence-corrected chi connectivity index (χ4v) is 7.42. The van der Waals surface area contributed by atoms with E-state index >= 15 is 0 Å². The molecule has 48 heavy (non-hydrogen) atoms. The fourth-order valence-electron chi connectivity index (χ4n) is 7.42. The lowest BCUT2D eigenvalue weighted by Crippen LogP contribution is -2.53. The van der Waals surface area contributed by atoms with Gasteiger partial charge in [0.25, 0.3) is 11.8 Å². The van der Waals surface area contributed by atoms with E-state index in [1.54, 1.807) is 44.1 Å². The summed E-state index contributed by atoms with van der Waals surface area (Å²) in [5, 5.41) is 8.51. The van der Waals surface area contributed by atoms with Crippen molar-refractivity contribution < 1.29 is 23.9 Å². The minimum absolute atomic E-state index is 0.236. The van der Waals surface area contributed by atoms with Gasteiger partial charge < -0.3 is 24.5 Å². The van der Waals surface area contributed by atoms with Crippen LogP contribution in [0.4, 0.5) is 4.79 Å². The molecule has 242 valence electrons. The summed E-state index contributed by atoms with van der Waals surface area (Å²) in [6.45, 7) is 8.01. The lowest BCUT2D eigenvalue weighted by molar-refractivity contribution is -0.136. The van der Waals surface area contributed by atoms with Crippen molar-refractivity contribution in [2.45, 2.75) is 64.9 Å². The van der Waals surface area contributed by atoms with E-state index < -0.39 is 29.6 Å². The predicted molar refractivity (Wildman–Crippen MR) is 182 cm³/mol. The molecular formula is C37H34N6O5. The summed E-state index contributed by atoms with van der Waals surface area (Å²) < 4.78 is 7.73. The molecule has 11 heteroatoms. The molecule has 2 aliphatic rings. The maximum atomic E-state index is 14.5. The number of para-hydroxylation sites is 2. The van der Waals surface area contributed by atoms with Crippen LogP contribution in [-0.2, 0) is 29.0 Å². The van der Waals surface area contributed by atoms with Gasteiger partial charge in [-0.3, -0.25) is 24.7 Å². The van der Waals surface area contributed by atoms with Crippen LogP contribution in [0, 0.1) is 0 Å². The van der Waals surface area contributed by atoms with Gasteiger partial charge in [0.05, 0.1) is 27.7 Å². The zero-order valence-electron chi connectivity index (χ0n) is 27.0. The molecule has 0 bridgehead atoms. The van der Waals surface area contributed by atoms with Gasteiger partial charge in [0, 0.05) is 65.0 Å². The minimum Gasteiger partial charge on any atom is -0.444 e. The van der Waals surface area contributed by atoms with Gasteiger partial charge in [-0.2, -0.15) is 0 Å². The van der Waals surface area contributed by atoms with Gasteiger partial charge in [-0.25, -0.2) is 4.79 Å². The van der Waals surface area contributed by atoms with Crippen molar-refractivity contribution in [2.24, 2.45) is 0 Å². The lowest BCUT2D eigenvalue weighted by atomic mass is 9.96. The highest BCUT2D eigenvalue weighted by Crippen LogP contribution is 2.45. The van der Waals surface area contributed by atoms with Crippen LogP contribution < -0.4 is 10.6 Å². The van der Waals surface area contributed by atoms with Gasteiger partial charge in [0.2, 0.25) is 5.91 Å². The van der Waals surface area contributed by atoms with Gasteiger partial charge in [0.15, 0.2) is 0 Å². The SMILES string of the molecule is CC1Cn2c3c(cccc3c3c4c(c5c6ccccc6[nH]c5c32)C(=O)NC4=O)CN1C(=O)[C@@H](Cc1cccnc1)NC(=O)OC(C)(C)C. The molecule has 8 rings (SSSR count). The molecule has 5 heterocycles. The van der Waals surface area contributed by atoms with E-state index in [4.69, 9.17) is 4.74 Å². The summed E-state index contributed by atoms with van der Waals surface area (Å²) in [5.41, 5.74) is 5.06. The number of H-pyrrole nitrogens is 1. The Balaban J connectivity index is 1.28. The summed E-state index contributed by atoms with van der Waals surface area (Å²) in [4.78, 5) is 63.8. The Kier molecular flexibility index (Phi) is 6.59. The summed E-state index contributed by atoms with van der Waals surface area (Å²) in [7, 11) is 0. The molecule has 0 fully saturated rings. The molecule has 3 aromatic carbocycles. The Morgan fingerprint density at radius 3 is 2.48 bits per heavy atom. The smallest absolute Gasteiger partial charge is 0.408 e. The minimum atomic E-state index is -0.904. The zero-order valence-corrected chi connectivity index (χ0v) is 27.0. The number of nitrogens with one attached hydrogen (secondary N) is 3. The molecule has 0 saturated carbocycles. The van der Waals surface area contributed by atoms with Crippen molar-refractivity contribution in [3.8, 4) is 0 Å². The average Bonchev–Trinajstić information content (AvgIpc) is 3.64. The summed E-state index contributed by atoms with van der Waals surface area (Å²) >= 11 is 0. The molecule has 3 N–H and O–H groups in total. The van der Waals surface area contributed by atoms with Gasteiger partial charge in [-0.1, -0.05) is 42.5 Å². The topological polar surface area (TPSA) is 138 Å². The van der Waals surface area contributed by atoms with Crippen LogP contribution in [0.2, 0.25) is 0 Å². The summed E-state index contributed by atoms with van der Waals surface area (Å²) in [6.07, 6.45) is 2.91. The van der Waals surface area contributed by atoms with E-state index in [0.29, 0.717) is 23.1 Å². The van der Waals surface area contributed by atoms with Crippen LogP contribution in [0.3, 0.4) is 0 Å². The van der Waals surface area contributed by atoms with Gasteiger partial charge in [-0.05, 0) is 51.0 Å². The normalized spacial score (nSPS) is 16.8. The zero-order chi connectivity index (χ0) is 33.5. The van der Waals surface area contributed by atoms with Crippen LogP contribution in [-0.4, -0.2) is 60.9 Å². The first-order valence-corrected chi connectivity index (χ1v) is 16.0. The molecule has 1 unspecified atom stereocenters. The van der Waals surface area contributed by atoms with E-state index in [2.05, 4.69) is 25.2 Å². The Labute approximate surface area is 275 Å². The molecule has 0 aliphatic carbocycles. The second kappa shape index (κ2) is 10.7. The maximum absolute atomic E-state index is 14.5. The first kappa shape index (κ1) is 29.7. The first-order valence-electron chi connectivity index (χ1n) is 16.0. The number of rotatable bonds is 4. The number of hydrogen-bond donors (Lipinski definition) is 3. The number of carbonyl (C=O) groups excluding carboxylic acids is 4. The molecule has 0 radical (unpaired) electrons. The molecule has 6 aromatic rings. The van der Waals surface area contributed by atoms with E-state index in [9.17, 15) is 19.2 Å². The third kappa shape index (κ3) is 4.60. The molecule has 0 spiro atoms. The monoisotopic (exact) mass is 642 g/mol. The number of aromatic nitrogens is 3. The number of benzene rings is 3. The predicted octanol–water partition coefficient (Wildman–Crippen LogP) is 5.57. The number of ether oxygens (including phenoxy) is 1. The second-order valence-corrected chi connectivity index (χ2v) is 13.7. The average molecular weight is 643 g/mol. The van der Waals surface area contributed by atoms with Crippen LogP contribution in [0.15, 0.2) is 67.0 Å². The number of pyridine rings is 1. The summed E-state index contributed by atoms with van der Waals surface area (Å²) in [6, 6.07) is 16.1. The number of aromatic amines is 1. The van der Waals surface area contributed by atoms with Crippen molar-refractivity contribution in [3.63, 3.8) is 0 Å². The Bertz CT molecular complexity index is 2350. The first-order chi connectivity index (χ1) is 23.0. The molecule has 3 aromatic heterocycles. The number of imide groups is 1. The van der Waals surface area contributed by atoms with E-state index in [-0.39, 0.29) is 24.9 Å². The number of carbonyl (C=O) groups is 4. The summed E-state index contributed by atoms with van der Waals surface area (Å²) in [5.74, 6) is -1.06. The van der Waals surface area contributed by atoms with Crippen LogP contribution in [0.5, 0.6) is 0 Å². The Morgan fingerprint density at radius 2 is 1.73 bits per heavy atom. The van der Waals surface area contributed by atoms with Crippen molar-refractivity contribution in [3.05, 3.63) is 89.2 Å². The number of amides is 4. The standard InChI is InChI=1S/C37H34N6O5/c1-19-17-43-31-21(18-42(19)35(46)25(15-20-9-8-14-38-16-20)40-36(47)48-37(2,3)4)10-7-12-23(31)27-29-28(33(44)41-34(29)45)26-22-11-5-6-13-24(22)39-30(26)32(27)43/h5-14,16,19,25,39H,15,17-18H2,1-4H3,(H,40,47)(H,41,44,45)/t19?,25-/m1/s1. The van der Waals surface area contributed by atoms with E-state index in [1.165, 1.54) is 0 Å². The van der Waals surface area contributed by atoms with Crippen LogP contribution in [0.1, 0.15) is 59.5 Å². The van der Waals surface area contributed by atoms with Gasteiger partial charge in [-0.15, -0.1) is 0 Å². The van der Waals surface area contributed by atoms with Crippen LogP contribution >= 0.6 is 0 Å². The number of alkyl carbamates (subject to hydrolysis) is 1. The van der Waals surface area contributed by atoms with Crippen molar-refractivity contribution in [1.82, 2.24) is 30.1 Å². The number of fused-ring (bicyclic) bond motifs is 10. The van der Waals surface area contributed by atoms with Gasteiger partial charge >= 0.3 is 6.09 Å². The third-order valence-electron chi connectivity index (χ3n) is 9.29. The van der Waals surface area contributed by atoms with E-state index in [0.717, 1.165) is 49.4 Å². The molecular weight excluding hydrogens is 608 g/mol. The van der Waals surface area contributed by atoms with Crippen LogP contribution in [0.25, 0.3) is 43.6 Å². The Morgan fingerprint density at radius 1 is 0.979 bits per heavy atom. The Hall–Kier alpha value is -5.71. The van der Waals surface area contributed by atoms with Crippen molar-refractivity contribution >= 4 is 67.4 Å². The third-order valence-corrected chi connectivity index (χ3v) is 9.29. The number of nitrogens with zero attached hydrogens (tertiary/aromatic N) is 3. The maximum Gasteiger partial charge on any atom is 0.408 e. The highest BCUT2D eigenvalue weighted by atomic mass is 16.6. The molecule has 11 nitrogen and oxygen atoms in total. The van der Waals surface area contributed by atoms with Gasteiger partial charge in [0.1, 0.15) is 11.6 Å². The highest BCUT2D eigenvalue weighted by Gasteiger charge is 2.38. The molecule has 2 aliphatic heterocycles. The van der Waals surface area contributed by atoms with Crippen molar-refractivity contribution in [1.29, 1.82) is 0 Å². The quantitative estimate of drug-likeness (QED) is 0.215.